The number of aliphatic hydroxyl groups excluding tert-OH is 1. The topological polar surface area (TPSA) is 81.8 Å². The number of furan rings is 1. The van der Waals surface area contributed by atoms with E-state index in [0.29, 0.717) is 19.0 Å². The summed E-state index contributed by atoms with van der Waals surface area (Å²) in [5, 5.41) is 10.9. The highest BCUT2D eigenvalue weighted by atomic mass is 16.5. The number of pyridine rings is 1. The first-order chi connectivity index (χ1) is 18.4. The molecule has 3 rings (SSSR count). The largest absolute Gasteiger partial charge is 0.493 e. The maximum atomic E-state index is 12.8. The summed E-state index contributed by atoms with van der Waals surface area (Å²) < 4.78 is 17.8. The summed E-state index contributed by atoms with van der Waals surface area (Å²) >= 11 is 0. The van der Waals surface area contributed by atoms with Crippen LogP contribution in [0.25, 0.3) is 22.3 Å². The molecular weight excluding hydrogens is 490 g/mol. The average Bonchev–Trinajstić information content (AvgIpc) is 3.31. The van der Waals surface area contributed by atoms with Gasteiger partial charge < -0.3 is 19.0 Å². The number of carbonyl (C=O) groups excluding carboxylic acids is 1. The third-order valence-electron chi connectivity index (χ3n) is 7.19. The number of benzene rings is 1. The van der Waals surface area contributed by atoms with Crippen molar-refractivity contribution in [3.05, 3.63) is 48.3 Å². The molecule has 0 radical (unpaired) electrons. The summed E-state index contributed by atoms with van der Waals surface area (Å²) in [4.78, 5) is 17.1. The Bertz CT molecular complexity index is 1200. The van der Waals surface area contributed by atoms with Gasteiger partial charge in [0.2, 0.25) is 0 Å². The molecule has 6 nitrogen and oxygen atoms in total. The van der Waals surface area contributed by atoms with Crippen molar-refractivity contribution in [1.82, 2.24) is 4.98 Å². The molecule has 2 atom stereocenters. The van der Waals surface area contributed by atoms with Crippen molar-refractivity contribution in [3.8, 4) is 17.1 Å². The second-order valence-corrected chi connectivity index (χ2v) is 12.9. The van der Waals surface area contributed by atoms with E-state index >= 15 is 0 Å². The van der Waals surface area contributed by atoms with Gasteiger partial charge in [0.25, 0.3) is 0 Å². The van der Waals surface area contributed by atoms with Gasteiger partial charge in [-0.2, -0.15) is 0 Å². The number of aliphatic hydroxyl groups is 1. The molecule has 0 bridgehead atoms. The minimum Gasteiger partial charge on any atom is -0.493 e. The molecule has 2 unspecified atom stereocenters. The lowest BCUT2D eigenvalue weighted by Gasteiger charge is -2.33. The summed E-state index contributed by atoms with van der Waals surface area (Å²) in [6.07, 6.45) is 7.77. The van der Waals surface area contributed by atoms with Crippen LogP contribution in [0.2, 0.25) is 0 Å². The Labute approximate surface area is 234 Å². The van der Waals surface area contributed by atoms with E-state index in [2.05, 4.69) is 53.5 Å². The quantitative estimate of drug-likeness (QED) is 0.177. The molecule has 0 fully saturated rings. The first-order valence-electron chi connectivity index (χ1n) is 14.3. The molecular formula is C33H47NO5. The van der Waals surface area contributed by atoms with Gasteiger partial charge in [0.05, 0.1) is 19.1 Å². The Balaban J connectivity index is 1.47. The van der Waals surface area contributed by atoms with Crippen LogP contribution >= 0.6 is 0 Å². The summed E-state index contributed by atoms with van der Waals surface area (Å²) in [6, 6.07) is 9.88. The Kier molecular flexibility index (Phi) is 10.6. The molecule has 0 amide bonds. The number of nitrogens with zero attached hydrogens (tertiary/aromatic N) is 1. The van der Waals surface area contributed by atoms with Crippen LogP contribution in [-0.2, 0) is 16.0 Å². The van der Waals surface area contributed by atoms with Gasteiger partial charge in [-0.15, -0.1) is 0 Å². The Morgan fingerprint density at radius 2 is 1.85 bits per heavy atom. The van der Waals surface area contributed by atoms with Crippen molar-refractivity contribution < 1.29 is 23.8 Å². The van der Waals surface area contributed by atoms with Crippen LogP contribution < -0.4 is 4.74 Å². The van der Waals surface area contributed by atoms with E-state index in [9.17, 15) is 9.90 Å². The van der Waals surface area contributed by atoms with Gasteiger partial charge in [-0.1, -0.05) is 48.5 Å². The van der Waals surface area contributed by atoms with Crippen LogP contribution in [0.4, 0.5) is 0 Å². The van der Waals surface area contributed by atoms with Crippen LogP contribution in [0.3, 0.4) is 0 Å². The smallest absolute Gasteiger partial charge is 0.309 e. The summed E-state index contributed by atoms with van der Waals surface area (Å²) in [5.74, 6) is 1.29. The van der Waals surface area contributed by atoms with Gasteiger partial charge in [-0.3, -0.25) is 9.78 Å². The van der Waals surface area contributed by atoms with Crippen LogP contribution in [0.15, 0.2) is 47.1 Å². The normalized spacial score (nSPS) is 13.8. The van der Waals surface area contributed by atoms with Crippen molar-refractivity contribution in [1.29, 1.82) is 0 Å². The molecule has 2 aromatic heterocycles. The zero-order valence-electron chi connectivity index (χ0n) is 24.9. The van der Waals surface area contributed by atoms with Gasteiger partial charge in [0.1, 0.15) is 17.1 Å². The Morgan fingerprint density at radius 1 is 1.08 bits per heavy atom. The van der Waals surface area contributed by atoms with E-state index in [1.807, 2.05) is 36.5 Å². The van der Waals surface area contributed by atoms with Gasteiger partial charge in [-0.05, 0) is 72.8 Å². The number of hydrogen-bond donors (Lipinski definition) is 1. The van der Waals surface area contributed by atoms with Gasteiger partial charge >= 0.3 is 5.97 Å². The molecule has 6 heteroatoms. The van der Waals surface area contributed by atoms with Crippen LogP contribution in [-0.4, -0.2) is 35.9 Å². The fraction of sp³-hybridized carbons (Fsp3) is 0.576. The van der Waals surface area contributed by atoms with E-state index in [-0.39, 0.29) is 35.2 Å². The number of aromatic nitrogens is 1. The van der Waals surface area contributed by atoms with Crippen molar-refractivity contribution in [3.63, 3.8) is 0 Å². The minimum atomic E-state index is -0.138. The molecule has 0 saturated carbocycles. The fourth-order valence-electron chi connectivity index (χ4n) is 4.79. The summed E-state index contributed by atoms with van der Waals surface area (Å²) in [6.45, 7) is 15.8. The predicted octanol–water partition coefficient (Wildman–Crippen LogP) is 7.86. The zero-order chi connectivity index (χ0) is 28.6. The third-order valence-corrected chi connectivity index (χ3v) is 7.19. The number of esters is 1. The number of unbranched alkanes of at least 4 members (excludes halogenated alkanes) is 1. The Morgan fingerprint density at radius 3 is 2.51 bits per heavy atom. The predicted molar refractivity (Wildman–Crippen MR) is 157 cm³/mol. The molecule has 3 aromatic rings. The highest BCUT2D eigenvalue weighted by molar-refractivity contribution is 5.84. The monoisotopic (exact) mass is 537 g/mol. The minimum absolute atomic E-state index is 0.00859. The maximum absolute atomic E-state index is 12.8. The fourth-order valence-corrected chi connectivity index (χ4v) is 4.79. The highest BCUT2D eigenvalue weighted by Crippen LogP contribution is 2.37. The SMILES string of the molecule is CCc1ccncc1-c1cc2ccc(OCC(CO)CCCCOC(=O)C(CC(C)(C)C)C(C)(C)C)cc2o1. The lowest BCUT2D eigenvalue weighted by atomic mass is 9.72. The van der Waals surface area contributed by atoms with Crippen molar-refractivity contribution in [2.75, 3.05) is 19.8 Å². The van der Waals surface area contributed by atoms with Crippen molar-refractivity contribution in [2.45, 2.75) is 80.6 Å². The van der Waals surface area contributed by atoms with E-state index < -0.39 is 0 Å². The van der Waals surface area contributed by atoms with Crippen LogP contribution in [0, 0.1) is 22.7 Å². The van der Waals surface area contributed by atoms with Crippen LogP contribution in [0.1, 0.15) is 79.7 Å². The molecule has 1 N–H and O–H groups in total. The molecule has 0 spiro atoms. The lowest BCUT2D eigenvalue weighted by molar-refractivity contribution is -0.154. The second kappa shape index (κ2) is 13.5. The molecule has 0 aliphatic rings. The second-order valence-electron chi connectivity index (χ2n) is 12.9. The third kappa shape index (κ3) is 9.10. The molecule has 0 aliphatic heterocycles. The number of hydrogen-bond acceptors (Lipinski definition) is 6. The average molecular weight is 538 g/mol. The van der Waals surface area contributed by atoms with E-state index in [1.54, 1.807) is 6.20 Å². The van der Waals surface area contributed by atoms with Gasteiger partial charge in [0.15, 0.2) is 0 Å². The first-order valence-corrected chi connectivity index (χ1v) is 14.3. The Hall–Kier alpha value is -2.86. The zero-order valence-corrected chi connectivity index (χ0v) is 24.9. The lowest BCUT2D eigenvalue weighted by Crippen LogP contribution is -2.33. The molecule has 0 aliphatic carbocycles. The summed E-state index contributed by atoms with van der Waals surface area (Å²) in [7, 11) is 0. The first kappa shape index (κ1) is 30.7. The van der Waals surface area contributed by atoms with Gasteiger partial charge in [0, 0.05) is 41.9 Å². The molecule has 1 aromatic carbocycles. The summed E-state index contributed by atoms with van der Waals surface area (Å²) in [5.41, 5.74) is 2.89. The maximum Gasteiger partial charge on any atom is 0.309 e. The molecule has 214 valence electrons. The van der Waals surface area contributed by atoms with Crippen molar-refractivity contribution >= 4 is 16.9 Å². The van der Waals surface area contributed by atoms with E-state index in [4.69, 9.17) is 13.9 Å². The van der Waals surface area contributed by atoms with Gasteiger partial charge in [-0.25, -0.2) is 0 Å². The highest BCUT2D eigenvalue weighted by Gasteiger charge is 2.35. The number of ether oxygens (including phenoxy) is 2. The molecule has 0 saturated heterocycles. The number of rotatable bonds is 13. The molecule has 2 heterocycles. The standard InChI is InChI=1S/C33H47NO5/c1-8-24-14-15-34-20-27(24)30-17-25-12-13-26(18-29(25)39-30)38-22-23(21-35)11-9-10-16-37-31(36)28(33(5,6)7)19-32(2,3)4/h12-15,17-18,20,23,28,35H,8-11,16,19,21-22H2,1-7H3. The van der Waals surface area contributed by atoms with E-state index in [0.717, 1.165) is 54.4 Å². The van der Waals surface area contributed by atoms with Crippen molar-refractivity contribution in [2.24, 2.45) is 22.7 Å². The number of fused-ring (bicyclic) bond motifs is 1. The number of aryl methyl sites for hydroxylation is 1. The van der Waals surface area contributed by atoms with Crippen LogP contribution in [0.5, 0.6) is 5.75 Å². The number of carbonyl (C=O) groups is 1. The molecule has 39 heavy (non-hydrogen) atoms. The van der Waals surface area contributed by atoms with E-state index in [1.165, 1.54) is 5.56 Å².